The number of carbonyl (C=O) groups excluding carboxylic acids is 2. The Morgan fingerprint density at radius 2 is 1.90 bits per heavy atom. The number of hydrogen-bond acceptors (Lipinski definition) is 3. The molecule has 2 aliphatic rings. The van der Waals surface area contributed by atoms with Gasteiger partial charge >= 0.3 is 6.03 Å². The Labute approximate surface area is 184 Å². The van der Waals surface area contributed by atoms with E-state index in [4.69, 9.17) is 10.5 Å². The maximum Gasteiger partial charge on any atom is 0.329 e. The van der Waals surface area contributed by atoms with E-state index in [0.29, 0.717) is 6.54 Å². The summed E-state index contributed by atoms with van der Waals surface area (Å²) in [5, 5.41) is 0. The van der Waals surface area contributed by atoms with E-state index in [9.17, 15) is 9.59 Å². The third-order valence-electron chi connectivity index (χ3n) is 6.84. The molecule has 2 aromatic carbocycles. The second-order valence-corrected chi connectivity index (χ2v) is 8.58. The predicted molar refractivity (Wildman–Crippen MR) is 122 cm³/mol. The minimum atomic E-state index is -0.227. The fourth-order valence-electron chi connectivity index (χ4n) is 4.94. The molecule has 2 N–H and O–H groups in total. The molecule has 1 aliphatic carbocycles. The summed E-state index contributed by atoms with van der Waals surface area (Å²) in [5.74, 6) is 0.488. The highest BCUT2D eigenvalue weighted by Gasteiger charge is 2.38. The van der Waals surface area contributed by atoms with Gasteiger partial charge in [0.15, 0.2) is 0 Å². The van der Waals surface area contributed by atoms with Crippen molar-refractivity contribution in [2.45, 2.75) is 58.5 Å². The Balaban J connectivity index is 1.72. The maximum atomic E-state index is 13.8. The highest BCUT2D eigenvalue weighted by molar-refractivity contribution is 6.02. The van der Waals surface area contributed by atoms with Crippen LogP contribution in [0.4, 0.5) is 16.2 Å². The standard InChI is InChI=1S/C25H31N3O3/c1-4-17-8-13-20(14-23(17)31-3)28-22-7-5-6-16(2)21(22)15-27(25(28)30)19-11-9-18(10-12-19)24(26)29/h5-8,13-14,18-19H,4,9-12,15H2,1-3H3,(H2,26,29). The molecule has 0 aromatic heterocycles. The molecule has 0 bridgehead atoms. The average molecular weight is 422 g/mol. The number of anilines is 2. The van der Waals surface area contributed by atoms with Crippen LogP contribution in [0.5, 0.6) is 5.75 Å². The number of hydrogen-bond donors (Lipinski definition) is 1. The number of nitrogens with zero attached hydrogens (tertiary/aromatic N) is 2. The molecule has 1 aliphatic heterocycles. The van der Waals surface area contributed by atoms with Crippen molar-refractivity contribution in [1.29, 1.82) is 0 Å². The first-order chi connectivity index (χ1) is 14.9. The summed E-state index contributed by atoms with van der Waals surface area (Å²) in [6.07, 6.45) is 3.94. The topological polar surface area (TPSA) is 75.9 Å². The smallest absolute Gasteiger partial charge is 0.329 e. The summed E-state index contributed by atoms with van der Waals surface area (Å²) in [6, 6.07) is 12.2. The molecule has 164 valence electrons. The molecular weight excluding hydrogens is 390 g/mol. The average Bonchev–Trinajstić information content (AvgIpc) is 2.78. The van der Waals surface area contributed by atoms with Gasteiger partial charge in [-0.15, -0.1) is 0 Å². The number of amides is 3. The highest BCUT2D eigenvalue weighted by atomic mass is 16.5. The molecule has 6 heteroatoms. The number of rotatable bonds is 5. The van der Waals surface area contributed by atoms with Crippen LogP contribution in [0.3, 0.4) is 0 Å². The minimum Gasteiger partial charge on any atom is -0.496 e. The first-order valence-corrected chi connectivity index (χ1v) is 11.1. The first-order valence-electron chi connectivity index (χ1n) is 11.1. The number of benzene rings is 2. The fourth-order valence-corrected chi connectivity index (χ4v) is 4.94. The van der Waals surface area contributed by atoms with Gasteiger partial charge in [-0.1, -0.05) is 25.1 Å². The first kappa shape index (κ1) is 21.2. The van der Waals surface area contributed by atoms with Crippen molar-refractivity contribution < 1.29 is 14.3 Å². The third kappa shape index (κ3) is 3.87. The second kappa shape index (κ2) is 8.61. The van der Waals surface area contributed by atoms with E-state index in [1.165, 1.54) is 5.56 Å². The lowest BCUT2D eigenvalue weighted by Crippen LogP contribution is -2.51. The molecule has 31 heavy (non-hydrogen) atoms. The van der Waals surface area contributed by atoms with Crippen LogP contribution in [-0.2, 0) is 17.8 Å². The van der Waals surface area contributed by atoms with Crippen LogP contribution in [0, 0.1) is 12.8 Å². The number of urea groups is 1. The highest BCUT2D eigenvalue weighted by Crippen LogP contribution is 2.40. The molecule has 4 rings (SSSR count). The number of carbonyl (C=O) groups is 2. The van der Waals surface area contributed by atoms with Crippen LogP contribution >= 0.6 is 0 Å². The zero-order valence-corrected chi connectivity index (χ0v) is 18.6. The van der Waals surface area contributed by atoms with Gasteiger partial charge in [0.2, 0.25) is 5.91 Å². The number of methoxy groups -OCH3 is 1. The van der Waals surface area contributed by atoms with E-state index in [2.05, 4.69) is 19.9 Å². The molecule has 1 fully saturated rings. The van der Waals surface area contributed by atoms with Crippen molar-refractivity contribution in [3.05, 3.63) is 53.1 Å². The van der Waals surface area contributed by atoms with Crippen LogP contribution in [0.25, 0.3) is 0 Å². The van der Waals surface area contributed by atoms with Gasteiger partial charge < -0.3 is 15.4 Å². The van der Waals surface area contributed by atoms with Crippen molar-refractivity contribution in [2.75, 3.05) is 12.0 Å². The van der Waals surface area contributed by atoms with Gasteiger partial charge in [0.05, 0.1) is 25.0 Å². The van der Waals surface area contributed by atoms with E-state index >= 15 is 0 Å². The Hall–Kier alpha value is -3.02. The summed E-state index contributed by atoms with van der Waals surface area (Å²) in [4.78, 5) is 29.2. The van der Waals surface area contributed by atoms with Crippen molar-refractivity contribution in [3.8, 4) is 5.75 Å². The zero-order chi connectivity index (χ0) is 22.1. The number of nitrogens with two attached hydrogens (primary N) is 1. The van der Waals surface area contributed by atoms with Gasteiger partial charge in [-0.05, 0) is 67.9 Å². The second-order valence-electron chi connectivity index (χ2n) is 8.58. The molecule has 2 aromatic rings. The van der Waals surface area contributed by atoms with Gasteiger partial charge in [-0.3, -0.25) is 9.69 Å². The Morgan fingerprint density at radius 1 is 1.16 bits per heavy atom. The van der Waals surface area contributed by atoms with E-state index in [0.717, 1.165) is 60.4 Å². The van der Waals surface area contributed by atoms with E-state index in [1.54, 1.807) is 7.11 Å². The van der Waals surface area contributed by atoms with Crippen LogP contribution in [0.15, 0.2) is 36.4 Å². The van der Waals surface area contributed by atoms with Crippen LogP contribution in [0.1, 0.15) is 49.3 Å². The molecule has 0 radical (unpaired) electrons. The zero-order valence-electron chi connectivity index (χ0n) is 18.6. The Bertz CT molecular complexity index is 996. The molecule has 3 amide bonds. The predicted octanol–water partition coefficient (Wildman–Crippen LogP) is 4.68. The summed E-state index contributed by atoms with van der Waals surface area (Å²) >= 11 is 0. The summed E-state index contributed by atoms with van der Waals surface area (Å²) in [5.41, 5.74) is 10.7. The number of fused-ring (bicyclic) bond motifs is 1. The lowest BCUT2D eigenvalue weighted by Gasteiger charge is -2.43. The van der Waals surface area contributed by atoms with E-state index in [-0.39, 0.29) is 23.9 Å². The molecule has 1 heterocycles. The fraction of sp³-hybridized carbons (Fsp3) is 0.440. The third-order valence-corrected chi connectivity index (χ3v) is 6.84. The summed E-state index contributed by atoms with van der Waals surface area (Å²) in [7, 11) is 1.66. The molecule has 0 saturated heterocycles. The van der Waals surface area contributed by atoms with E-state index in [1.807, 2.05) is 40.1 Å². The van der Waals surface area contributed by atoms with Crippen LogP contribution in [0.2, 0.25) is 0 Å². The number of aryl methyl sites for hydroxylation is 2. The van der Waals surface area contributed by atoms with Gasteiger partial charge in [-0.25, -0.2) is 4.79 Å². The molecule has 0 unspecified atom stereocenters. The molecule has 6 nitrogen and oxygen atoms in total. The van der Waals surface area contributed by atoms with Gasteiger partial charge in [0.1, 0.15) is 5.75 Å². The Kier molecular flexibility index (Phi) is 5.90. The normalized spacial score (nSPS) is 21.1. The molecule has 0 atom stereocenters. The number of primary amides is 1. The lowest BCUT2D eigenvalue weighted by molar-refractivity contribution is -0.123. The van der Waals surface area contributed by atoms with Gasteiger partial charge in [0.25, 0.3) is 0 Å². The van der Waals surface area contributed by atoms with Gasteiger partial charge in [0, 0.05) is 18.0 Å². The van der Waals surface area contributed by atoms with E-state index < -0.39 is 0 Å². The quantitative estimate of drug-likeness (QED) is 0.761. The lowest BCUT2D eigenvalue weighted by atomic mass is 9.84. The number of ether oxygens (including phenoxy) is 1. The van der Waals surface area contributed by atoms with Crippen LogP contribution < -0.4 is 15.4 Å². The molecular formula is C25H31N3O3. The minimum absolute atomic E-state index is 0.0214. The Morgan fingerprint density at radius 3 is 2.55 bits per heavy atom. The largest absolute Gasteiger partial charge is 0.496 e. The monoisotopic (exact) mass is 421 g/mol. The van der Waals surface area contributed by atoms with Crippen molar-refractivity contribution in [2.24, 2.45) is 11.7 Å². The van der Waals surface area contributed by atoms with Crippen molar-refractivity contribution in [3.63, 3.8) is 0 Å². The summed E-state index contributed by atoms with van der Waals surface area (Å²) in [6.45, 7) is 4.77. The van der Waals surface area contributed by atoms with Crippen molar-refractivity contribution >= 4 is 23.3 Å². The molecule has 0 spiro atoms. The van der Waals surface area contributed by atoms with Crippen molar-refractivity contribution in [1.82, 2.24) is 4.90 Å². The molecule has 1 saturated carbocycles. The maximum absolute atomic E-state index is 13.8. The van der Waals surface area contributed by atoms with Crippen LogP contribution in [-0.4, -0.2) is 30.0 Å². The SMILES string of the molecule is CCc1ccc(N2C(=O)N(C3CCC(C(N)=O)CC3)Cc3c(C)cccc32)cc1OC. The summed E-state index contributed by atoms with van der Waals surface area (Å²) < 4.78 is 5.60. The van der Waals surface area contributed by atoms with Gasteiger partial charge in [-0.2, -0.15) is 0 Å².